The predicted molar refractivity (Wildman–Crippen MR) is 594 cm³/mol. The van der Waals surface area contributed by atoms with Crippen molar-refractivity contribution in [1.29, 1.82) is 0 Å². The Balaban J connectivity index is 0.0000000988. The van der Waals surface area contributed by atoms with Crippen molar-refractivity contribution in [3.63, 3.8) is 0 Å². The van der Waals surface area contributed by atoms with Crippen LogP contribution in [-0.4, -0.2) is 47.8 Å². The molecule has 30 aromatic rings. The van der Waals surface area contributed by atoms with Crippen LogP contribution in [0.25, 0.3) is 303 Å². The zero-order valence-corrected chi connectivity index (χ0v) is 77.0. The van der Waals surface area contributed by atoms with E-state index in [0.29, 0.717) is 5.82 Å². The first-order valence-electron chi connectivity index (χ1n) is 48.9. The molecule has 0 saturated heterocycles. The first kappa shape index (κ1) is 78.8. The molecule has 143 heavy (non-hydrogen) atoms. The normalized spacial score (nSPS) is 12.2. The largest absolute Gasteiger partial charge is 0.309 e. The number of nitrogens with zero attached hydrogens (tertiary/aromatic N) is 10. The highest BCUT2D eigenvalue weighted by molar-refractivity contribution is 6.35. The second-order valence-electron chi connectivity index (χ2n) is 37.9. The number of fused-ring (bicyclic) bond motifs is 22. The van der Waals surface area contributed by atoms with E-state index in [-0.39, 0.29) is 0 Å². The molecule has 660 valence electrons. The molecule has 10 nitrogen and oxygen atoms in total. The molecule has 0 N–H and O–H groups in total. The Kier molecular flexibility index (Phi) is 16.9. The molecule has 0 aliphatic heterocycles. The lowest BCUT2D eigenvalue weighted by atomic mass is 9.93. The summed E-state index contributed by atoms with van der Waals surface area (Å²) >= 11 is 0. The molecule has 0 fully saturated rings. The maximum Gasteiger partial charge on any atom is 0.182 e. The van der Waals surface area contributed by atoms with Gasteiger partial charge in [0.05, 0.1) is 55.2 Å². The Bertz CT molecular complexity index is 10700. The third-order valence-corrected chi connectivity index (χ3v) is 30.5. The number of hydrogen-bond acceptors (Lipinski definition) is 5. The summed E-state index contributed by atoms with van der Waals surface area (Å²) in [7, 11) is 0. The fraction of sp³-hybridized carbons (Fsp3) is 0. The summed E-state index contributed by atoms with van der Waals surface area (Å²) in [5.74, 6) is 1.63. The monoisotopic (exact) mass is 1810 g/mol. The van der Waals surface area contributed by atoms with Gasteiger partial charge in [0.1, 0.15) is 5.82 Å². The topological polar surface area (TPSA) is 88.6 Å². The molecule has 33 rings (SSSR count). The van der Waals surface area contributed by atoms with Gasteiger partial charge in [0.15, 0.2) is 11.5 Å². The van der Waals surface area contributed by atoms with Crippen molar-refractivity contribution in [3.8, 4) is 135 Å². The summed E-state index contributed by atoms with van der Waals surface area (Å²) in [6.07, 6.45) is 5.65. The van der Waals surface area contributed by atoms with Gasteiger partial charge in [0, 0.05) is 117 Å². The molecule has 10 heteroatoms. The van der Waals surface area contributed by atoms with E-state index < -0.39 is 0 Å². The van der Waals surface area contributed by atoms with Crippen LogP contribution in [0, 0.1) is 0 Å². The number of rotatable bonds is 8. The van der Waals surface area contributed by atoms with Gasteiger partial charge in [0.25, 0.3) is 0 Å². The van der Waals surface area contributed by atoms with Crippen molar-refractivity contribution in [2.24, 2.45) is 0 Å². The summed E-state index contributed by atoms with van der Waals surface area (Å²) in [6.45, 7) is 0. The van der Waals surface area contributed by atoms with Crippen molar-refractivity contribution in [2.45, 2.75) is 0 Å². The minimum absolute atomic E-state index is 0.699. The van der Waals surface area contributed by atoms with E-state index in [9.17, 15) is 0 Å². The maximum atomic E-state index is 5.47. The van der Waals surface area contributed by atoms with Crippen molar-refractivity contribution in [1.82, 2.24) is 47.8 Å². The molecular weight excluding hydrogens is 1740 g/mol. The highest BCUT2D eigenvalue weighted by atomic mass is 15.3. The summed E-state index contributed by atoms with van der Waals surface area (Å²) in [4.78, 5) is 20.1. The average Bonchev–Trinajstić information content (AvgIpc) is 1.56. The molecule has 0 spiro atoms. The van der Waals surface area contributed by atoms with Gasteiger partial charge in [-0.1, -0.05) is 340 Å². The van der Waals surface area contributed by atoms with Crippen molar-refractivity contribution >= 4 is 169 Å². The second kappa shape index (κ2) is 30.6. The van der Waals surface area contributed by atoms with Crippen LogP contribution in [0.5, 0.6) is 0 Å². The fourth-order valence-electron chi connectivity index (χ4n) is 24.6. The van der Waals surface area contributed by atoms with Crippen LogP contribution in [0.15, 0.2) is 474 Å². The van der Waals surface area contributed by atoms with E-state index in [1.807, 2.05) is 16.6 Å². The van der Waals surface area contributed by atoms with Crippen LogP contribution in [0.2, 0.25) is 0 Å². The van der Waals surface area contributed by atoms with Gasteiger partial charge in [0.2, 0.25) is 0 Å². The summed E-state index contributed by atoms with van der Waals surface area (Å²) in [5.41, 5.74) is 38.6. The molecule has 0 bridgehead atoms. The summed E-state index contributed by atoms with van der Waals surface area (Å²) < 4.78 is 11.6. The van der Waals surface area contributed by atoms with Crippen LogP contribution in [0.1, 0.15) is 0 Å². The Morgan fingerprint density at radius 3 is 1.01 bits per heavy atom. The van der Waals surface area contributed by atoms with Gasteiger partial charge in [-0.05, 0) is 247 Å². The SMILES string of the molecule is c1ccc(-c2cc(-c3ccccc3)c3nc(-c4ccc(-n5c6cccc7c6c6c8c(cccc8ccc65)-c5ccccc5-7)cc4)nn3c2)cc1.c1ccc(-n2c(-c3ccc(-n4c5cccc6c5c5c7c(cccc7ccc54)-c4ccccc4-6)cc3)nc3c4ccccc4c4ccccc4c32)cc1.c1ccc2c(c1)-c1cccc3ccc4c(c13)c1c-2cccc1n4-c1ccc2c(c1)c1ccccc1c1nccnc21. The number of pyridine rings is 1. The van der Waals surface area contributed by atoms with Gasteiger partial charge in [-0.15, -0.1) is 5.10 Å². The van der Waals surface area contributed by atoms with Gasteiger partial charge in [-0.2, -0.15) is 0 Å². The van der Waals surface area contributed by atoms with E-state index in [1.165, 1.54) is 197 Å². The zero-order chi connectivity index (χ0) is 93.3. The van der Waals surface area contributed by atoms with Crippen LogP contribution in [0.4, 0.5) is 0 Å². The predicted octanol–water partition coefficient (Wildman–Crippen LogP) is 34.4. The molecule has 0 unspecified atom stereocenters. The van der Waals surface area contributed by atoms with Gasteiger partial charge in [-0.25, -0.2) is 14.5 Å². The van der Waals surface area contributed by atoms with Gasteiger partial charge >= 0.3 is 0 Å². The minimum Gasteiger partial charge on any atom is -0.309 e. The van der Waals surface area contributed by atoms with Crippen molar-refractivity contribution < 1.29 is 0 Å². The smallest absolute Gasteiger partial charge is 0.182 e. The van der Waals surface area contributed by atoms with E-state index in [1.54, 1.807) is 12.4 Å². The Hall–Kier alpha value is -19.3. The van der Waals surface area contributed by atoms with Crippen LogP contribution in [-0.2, 0) is 0 Å². The second-order valence-corrected chi connectivity index (χ2v) is 37.9. The lowest BCUT2D eigenvalue weighted by Crippen LogP contribution is -1.99. The summed E-state index contributed by atoms with van der Waals surface area (Å²) in [5, 5.41) is 30.2. The van der Waals surface area contributed by atoms with Crippen LogP contribution in [0.3, 0.4) is 0 Å². The molecule has 3 aliphatic rings. The molecule has 0 atom stereocenters. The highest BCUT2D eigenvalue weighted by Crippen LogP contribution is 2.55. The molecule has 3 aliphatic carbocycles. The molecule has 0 saturated carbocycles. The third-order valence-electron chi connectivity index (χ3n) is 30.5. The molecule has 7 aromatic heterocycles. The quantitative estimate of drug-likeness (QED) is 0.141. The number of imidazole rings is 1. The van der Waals surface area contributed by atoms with E-state index in [2.05, 4.69) is 467 Å². The molecule has 23 aromatic carbocycles. The summed E-state index contributed by atoms with van der Waals surface area (Å²) in [6, 6.07) is 165. The third kappa shape index (κ3) is 11.5. The molecule has 0 amide bonds. The van der Waals surface area contributed by atoms with Crippen LogP contribution >= 0.6 is 0 Å². The lowest BCUT2D eigenvalue weighted by molar-refractivity contribution is 0.968. The zero-order valence-electron chi connectivity index (χ0n) is 77.0. The molecule has 0 radical (unpaired) electrons. The minimum atomic E-state index is 0.699. The number of aromatic nitrogens is 10. The number of benzene rings is 23. The standard InChI is InChI=1S/C49H29N3.C46H28N4.C38H21N3/c1-2-13-32(14-3-1)52-48-41-20-9-7-18-37(41)36-17-6-8-19-40(36)47(48)50-49(52)31-24-27-33(28-25-31)51-42-23-11-22-39-35-16-5-4-15-34(35)38-21-10-12-30-26-29-43(51)46(44(30)38)45(39)42;1-3-11-29(12-4-1)33-27-39(30-13-5-2-6-14-30)46-47-45(48-49(46)28-33)32-21-24-34(25-22-32)50-40-20-10-19-38-36-17-8-7-16-35(36)37-18-9-15-31-23-26-41(50)44(42(31)37)43(38)40;1-2-9-25-24(8-1)27-12-5-7-22-15-18-33-36(34(22)27)35-28(25)13-6-14-32(35)41(33)23-16-17-30-31(21-23)26-10-3-4-11-29(26)37-38(30)40-20-19-39-37/h1-29H;1-28H;1-21H. The Labute approximate surface area is 818 Å². The lowest BCUT2D eigenvalue weighted by Gasteiger charge is -2.15. The molecule has 7 heterocycles. The van der Waals surface area contributed by atoms with E-state index in [0.717, 1.165) is 100 Å². The Morgan fingerprint density at radius 2 is 0.531 bits per heavy atom. The highest BCUT2D eigenvalue weighted by Gasteiger charge is 2.32. The average molecular weight is 1820 g/mol. The van der Waals surface area contributed by atoms with Crippen LogP contribution < -0.4 is 0 Å². The van der Waals surface area contributed by atoms with Crippen molar-refractivity contribution in [3.05, 3.63) is 474 Å². The Morgan fingerprint density at radius 1 is 0.182 bits per heavy atom. The number of para-hydroxylation sites is 1. The van der Waals surface area contributed by atoms with E-state index >= 15 is 0 Å². The van der Waals surface area contributed by atoms with E-state index in [4.69, 9.17) is 25.0 Å². The fourth-order valence-corrected chi connectivity index (χ4v) is 24.6. The van der Waals surface area contributed by atoms with Gasteiger partial charge in [-0.3, -0.25) is 14.5 Å². The number of hydrogen-bond donors (Lipinski definition) is 0. The maximum absolute atomic E-state index is 5.47. The van der Waals surface area contributed by atoms with Crippen molar-refractivity contribution in [2.75, 3.05) is 0 Å². The first-order valence-corrected chi connectivity index (χ1v) is 48.9. The van der Waals surface area contributed by atoms with Gasteiger partial charge < -0.3 is 13.7 Å². The first-order chi connectivity index (χ1) is 71.0. The molecular formula is C133H78N10.